The molecule has 0 N–H and O–H groups in total. The third-order valence-corrected chi connectivity index (χ3v) is 4.53. The second-order valence-electron chi connectivity index (χ2n) is 5.64. The molecule has 0 amide bonds. The van der Waals surface area contributed by atoms with Crippen LogP contribution in [-0.4, -0.2) is 19.7 Å². The van der Waals surface area contributed by atoms with E-state index in [4.69, 9.17) is 5.26 Å². The first-order valence-corrected chi connectivity index (χ1v) is 9.10. The lowest BCUT2D eigenvalue weighted by Gasteiger charge is -2.22. The van der Waals surface area contributed by atoms with Crippen LogP contribution in [0, 0.1) is 11.3 Å². The molecule has 0 aliphatic rings. The Morgan fingerprint density at radius 1 is 1.22 bits per heavy atom. The van der Waals surface area contributed by atoms with E-state index in [9.17, 15) is 8.42 Å². The topological polar surface area (TPSA) is 74.1 Å². The summed E-state index contributed by atoms with van der Waals surface area (Å²) in [5, 5.41) is 9.00. The van der Waals surface area contributed by atoms with Crippen LogP contribution >= 0.6 is 0 Å². The van der Waals surface area contributed by atoms with Crippen LogP contribution in [0.5, 0.6) is 0 Å². The van der Waals surface area contributed by atoms with Gasteiger partial charge in [0.15, 0.2) is 0 Å². The Labute approximate surface area is 137 Å². The maximum atomic E-state index is 12.2. The fourth-order valence-corrected chi connectivity index (χ4v) is 3.05. The largest absolute Gasteiger partial charge is 0.264 e. The van der Waals surface area contributed by atoms with Gasteiger partial charge in [-0.25, -0.2) is 8.42 Å². The number of anilines is 1. The minimum atomic E-state index is -3.49. The van der Waals surface area contributed by atoms with Crippen molar-refractivity contribution in [2.24, 2.45) is 0 Å². The summed E-state index contributed by atoms with van der Waals surface area (Å²) in [6.07, 6.45) is 1.15. The Bertz CT molecular complexity index is 839. The Kier molecular flexibility index (Phi) is 5.02. The van der Waals surface area contributed by atoms with Crippen LogP contribution in [0.15, 0.2) is 42.5 Å². The molecule has 6 heteroatoms. The maximum absolute atomic E-state index is 12.2. The highest BCUT2D eigenvalue weighted by Gasteiger charge is 2.19. The number of aromatic nitrogens is 1. The van der Waals surface area contributed by atoms with Crippen molar-refractivity contribution < 1.29 is 8.42 Å². The molecular weight excluding hydrogens is 310 g/mol. The number of hydrogen-bond acceptors (Lipinski definition) is 4. The van der Waals surface area contributed by atoms with E-state index in [2.05, 4.69) is 4.98 Å². The van der Waals surface area contributed by atoms with Gasteiger partial charge in [0, 0.05) is 5.69 Å². The quantitative estimate of drug-likeness (QED) is 0.845. The van der Waals surface area contributed by atoms with Crippen molar-refractivity contribution in [3.05, 3.63) is 59.4 Å². The molecule has 0 spiro atoms. The zero-order valence-corrected chi connectivity index (χ0v) is 14.2. The molecule has 0 bridgehead atoms. The minimum absolute atomic E-state index is 0.133. The zero-order chi connectivity index (χ0) is 17.0. The lowest BCUT2D eigenvalue weighted by atomic mass is 10.1. The molecule has 1 heterocycles. The SMILES string of the molecule is CC(C)c1cccc(CN(c2cccc(C#N)c2)S(C)(=O)=O)n1. The Balaban J connectivity index is 2.41. The van der Waals surface area contributed by atoms with Crippen LogP contribution in [-0.2, 0) is 16.6 Å². The van der Waals surface area contributed by atoms with Gasteiger partial charge in [0.25, 0.3) is 0 Å². The predicted octanol–water partition coefficient (Wildman–Crippen LogP) is 3.04. The van der Waals surface area contributed by atoms with Gasteiger partial charge < -0.3 is 0 Å². The summed E-state index contributed by atoms with van der Waals surface area (Å²) >= 11 is 0. The molecule has 0 aliphatic carbocycles. The van der Waals surface area contributed by atoms with Crippen LogP contribution in [0.1, 0.15) is 36.7 Å². The third kappa shape index (κ3) is 4.30. The van der Waals surface area contributed by atoms with Crippen molar-refractivity contribution in [2.45, 2.75) is 26.3 Å². The van der Waals surface area contributed by atoms with Crippen molar-refractivity contribution in [1.29, 1.82) is 5.26 Å². The molecule has 0 unspecified atom stereocenters. The van der Waals surface area contributed by atoms with Gasteiger partial charge >= 0.3 is 0 Å². The molecule has 0 radical (unpaired) electrons. The first-order valence-electron chi connectivity index (χ1n) is 7.25. The molecule has 0 fully saturated rings. The fourth-order valence-electron chi connectivity index (χ4n) is 2.19. The molecule has 120 valence electrons. The first-order chi connectivity index (χ1) is 10.8. The Hall–Kier alpha value is -2.39. The summed E-state index contributed by atoms with van der Waals surface area (Å²) in [5.74, 6) is 0.267. The molecule has 0 atom stereocenters. The minimum Gasteiger partial charge on any atom is -0.264 e. The van der Waals surface area contributed by atoms with Crippen molar-refractivity contribution in [3.8, 4) is 6.07 Å². The smallest absolute Gasteiger partial charge is 0.232 e. The van der Waals surface area contributed by atoms with Crippen LogP contribution in [0.3, 0.4) is 0 Å². The van der Waals surface area contributed by atoms with Crippen molar-refractivity contribution >= 4 is 15.7 Å². The van der Waals surface area contributed by atoms with Gasteiger partial charge in [-0.05, 0) is 36.2 Å². The van der Waals surface area contributed by atoms with Crippen molar-refractivity contribution in [3.63, 3.8) is 0 Å². The zero-order valence-electron chi connectivity index (χ0n) is 13.4. The molecular formula is C17H19N3O2S. The second kappa shape index (κ2) is 6.80. The Morgan fingerprint density at radius 2 is 1.91 bits per heavy atom. The maximum Gasteiger partial charge on any atom is 0.232 e. The van der Waals surface area contributed by atoms with Crippen LogP contribution in [0.2, 0.25) is 0 Å². The highest BCUT2D eigenvalue weighted by molar-refractivity contribution is 7.92. The van der Waals surface area contributed by atoms with E-state index in [1.165, 1.54) is 4.31 Å². The molecule has 1 aromatic carbocycles. The fraction of sp³-hybridized carbons (Fsp3) is 0.294. The number of benzene rings is 1. The molecule has 0 saturated heterocycles. The molecule has 23 heavy (non-hydrogen) atoms. The van der Waals surface area contributed by atoms with E-state index < -0.39 is 10.0 Å². The van der Waals surface area contributed by atoms with E-state index in [1.54, 1.807) is 30.3 Å². The van der Waals surface area contributed by atoms with Gasteiger partial charge in [-0.3, -0.25) is 9.29 Å². The van der Waals surface area contributed by atoms with E-state index in [-0.39, 0.29) is 12.5 Å². The number of rotatable bonds is 5. The monoisotopic (exact) mass is 329 g/mol. The summed E-state index contributed by atoms with van der Waals surface area (Å²) in [4.78, 5) is 4.52. The van der Waals surface area contributed by atoms with Gasteiger partial charge in [0.2, 0.25) is 10.0 Å². The second-order valence-corrected chi connectivity index (χ2v) is 7.55. The van der Waals surface area contributed by atoms with E-state index in [1.807, 2.05) is 32.0 Å². The highest BCUT2D eigenvalue weighted by Crippen LogP contribution is 2.22. The summed E-state index contributed by atoms with van der Waals surface area (Å²) in [7, 11) is -3.49. The summed E-state index contributed by atoms with van der Waals surface area (Å²) in [6.45, 7) is 4.21. The van der Waals surface area contributed by atoms with Crippen molar-refractivity contribution in [2.75, 3.05) is 10.6 Å². The first kappa shape index (κ1) is 17.0. The molecule has 0 saturated carbocycles. The number of hydrogen-bond donors (Lipinski definition) is 0. The normalized spacial score (nSPS) is 11.3. The third-order valence-electron chi connectivity index (χ3n) is 3.39. The van der Waals surface area contributed by atoms with Gasteiger partial charge in [0.05, 0.1) is 35.8 Å². The summed E-state index contributed by atoms with van der Waals surface area (Å²) in [6, 6.07) is 14.2. The lowest BCUT2D eigenvalue weighted by molar-refractivity contribution is 0.595. The number of pyridine rings is 1. The van der Waals surface area contributed by atoms with E-state index >= 15 is 0 Å². The molecule has 0 aliphatic heterocycles. The van der Waals surface area contributed by atoms with Gasteiger partial charge in [-0.2, -0.15) is 5.26 Å². The molecule has 2 aromatic rings. The molecule has 2 rings (SSSR count). The number of nitrogens with zero attached hydrogens (tertiary/aromatic N) is 3. The Morgan fingerprint density at radius 3 is 2.52 bits per heavy atom. The van der Waals surface area contributed by atoms with Crippen LogP contribution < -0.4 is 4.31 Å². The van der Waals surface area contributed by atoms with Crippen molar-refractivity contribution in [1.82, 2.24) is 4.98 Å². The standard InChI is InChI=1S/C17H19N3O2S/c1-13(2)17-9-5-7-15(19-17)12-20(23(3,21)22)16-8-4-6-14(10-16)11-18/h4-10,13H,12H2,1-3H3. The van der Waals surface area contributed by atoms with E-state index in [0.717, 1.165) is 11.9 Å². The number of nitriles is 1. The highest BCUT2D eigenvalue weighted by atomic mass is 32.2. The number of sulfonamides is 1. The van der Waals surface area contributed by atoms with Gasteiger partial charge in [0.1, 0.15) is 0 Å². The average molecular weight is 329 g/mol. The van der Waals surface area contributed by atoms with E-state index in [0.29, 0.717) is 16.9 Å². The lowest BCUT2D eigenvalue weighted by Crippen LogP contribution is -2.29. The predicted molar refractivity (Wildman–Crippen MR) is 90.5 cm³/mol. The van der Waals surface area contributed by atoms with Gasteiger partial charge in [-0.1, -0.05) is 26.0 Å². The molecule has 5 nitrogen and oxygen atoms in total. The molecule has 1 aromatic heterocycles. The summed E-state index contributed by atoms with van der Waals surface area (Å²) < 4.78 is 25.6. The average Bonchev–Trinajstić information content (AvgIpc) is 2.52. The van der Waals surface area contributed by atoms with Gasteiger partial charge in [-0.15, -0.1) is 0 Å². The summed E-state index contributed by atoms with van der Waals surface area (Å²) in [5.41, 5.74) is 2.47. The van der Waals surface area contributed by atoms with Crippen LogP contribution in [0.4, 0.5) is 5.69 Å². The van der Waals surface area contributed by atoms with Crippen LogP contribution in [0.25, 0.3) is 0 Å².